The van der Waals surface area contributed by atoms with Gasteiger partial charge in [-0.25, -0.2) is 13.7 Å². The molecule has 0 aliphatic carbocycles. The summed E-state index contributed by atoms with van der Waals surface area (Å²) in [6.07, 6.45) is 4.97. The van der Waals surface area contributed by atoms with Gasteiger partial charge in [-0.15, -0.1) is 0 Å². The number of fused-ring (bicyclic) bond motifs is 1. The highest BCUT2D eigenvalue weighted by Gasteiger charge is 2.29. The number of piperazine rings is 1. The van der Waals surface area contributed by atoms with Gasteiger partial charge < -0.3 is 4.90 Å². The van der Waals surface area contributed by atoms with E-state index in [2.05, 4.69) is 51.9 Å². The Kier molecular flexibility index (Phi) is 6.32. The van der Waals surface area contributed by atoms with Crippen molar-refractivity contribution in [2.24, 2.45) is 7.05 Å². The third-order valence-electron chi connectivity index (χ3n) is 6.95. The molecule has 34 heavy (non-hydrogen) atoms. The van der Waals surface area contributed by atoms with Crippen LogP contribution in [0.25, 0.3) is 22.2 Å². The fourth-order valence-electron chi connectivity index (χ4n) is 4.82. The molecule has 4 aromatic rings. The summed E-state index contributed by atoms with van der Waals surface area (Å²) < 4.78 is 19.4. The van der Waals surface area contributed by atoms with Gasteiger partial charge in [0.15, 0.2) is 0 Å². The number of aryl methyl sites for hydroxylation is 2. The molecule has 1 fully saturated rings. The van der Waals surface area contributed by atoms with Gasteiger partial charge in [0.2, 0.25) is 0 Å². The highest BCUT2D eigenvalue weighted by atomic mass is 32.2. The molecular weight excluding hydrogens is 445 g/mol. The van der Waals surface area contributed by atoms with Gasteiger partial charge in [0.25, 0.3) is 0 Å². The minimum atomic E-state index is -0.208. The molecule has 0 N–H and O–H groups in total. The summed E-state index contributed by atoms with van der Waals surface area (Å²) >= 11 is 1.80. The van der Waals surface area contributed by atoms with Gasteiger partial charge in [-0.2, -0.15) is 5.10 Å². The molecule has 7 heteroatoms. The Morgan fingerprint density at radius 1 is 1.09 bits per heavy atom. The predicted octanol–water partition coefficient (Wildman–Crippen LogP) is 5.40. The van der Waals surface area contributed by atoms with Crippen molar-refractivity contribution in [3.8, 4) is 11.3 Å². The first-order valence-corrected chi connectivity index (χ1v) is 12.8. The number of rotatable bonds is 5. The fraction of sp³-hybridized carbons (Fsp3) is 0.333. The molecule has 1 aliphatic rings. The van der Waals surface area contributed by atoms with Crippen molar-refractivity contribution in [1.82, 2.24) is 19.1 Å². The van der Waals surface area contributed by atoms with E-state index in [1.807, 2.05) is 43.9 Å². The molecule has 176 valence electrons. The molecule has 5 nitrogen and oxygen atoms in total. The van der Waals surface area contributed by atoms with Crippen molar-refractivity contribution in [1.29, 1.82) is 0 Å². The van der Waals surface area contributed by atoms with Gasteiger partial charge in [0.1, 0.15) is 17.3 Å². The summed E-state index contributed by atoms with van der Waals surface area (Å²) in [6, 6.07) is 16.8. The van der Waals surface area contributed by atoms with E-state index in [1.54, 1.807) is 11.9 Å². The van der Waals surface area contributed by atoms with Crippen LogP contribution in [0, 0.1) is 19.7 Å². The molecule has 0 radical (unpaired) electrons. The molecule has 0 bridgehead atoms. The smallest absolute Gasteiger partial charge is 0.135 e. The quantitative estimate of drug-likeness (QED) is 0.361. The first kappa shape index (κ1) is 22.9. The van der Waals surface area contributed by atoms with Crippen LogP contribution < -0.4 is 4.90 Å². The van der Waals surface area contributed by atoms with Gasteiger partial charge in [-0.3, -0.25) is 4.68 Å². The Morgan fingerprint density at radius 2 is 1.88 bits per heavy atom. The van der Waals surface area contributed by atoms with E-state index in [0.29, 0.717) is 22.9 Å². The Labute approximate surface area is 204 Å². The van der Waals surface area contributed by atoms with E-state index < -0.39 is 0 Å². The maximum absolute atomic E-state index is 15.1. The van der Waals surface area contributed by atoms with Crippen molar-refractivity contribution in [3.05, 3.63) is 77.2 Å². The van der Waals surface area contributed by atoms with Crippen LogP contribution in [0.5, 0.6) is 0 Å². The lowest BCUT2D eigenvalue weighted by atomic mass is 10.0. The van der Waals surface area contributed by atoms with E-state index in [9.17, 15) is 0 Å². The van der Waals surface area contributed by atoms with Crippen molar-refractivity contribution in [2.75, 3.05) is 30.8 Å². The Balaban J connectivity index is 1.52. The van der Waals surface area contributed by atoms with Gasteiger partial charge in [-0.1, -0.05) is 48.3 Å². The van der Waals surface area contributed by atoms with E-state index in [1.165, 1.54) is 5.56 Å². The lowest BCUT2D eigenvalue weighted by Gasteiger charge is -2.41. The molecule has 2 aromatic heterocycles. The van der Waals surface area contributed by atoms with Crippen LogP contribution in [0.1, 0.15) is 16.7 Å². The topological polar surface area (TPSA) is 37.2 Å². The first-order valence-electron chi connectivity index (χ1n) is 11.6. The second-order valence-corrected chi connectivity index (χ2v) is 9.89. The summed E-state index contributed by atoms with van der Waals surface area (Å²) in [5.74, 6) is 0.740. The Bertz CT molecular complexity index is 1320. The second-order valence-electron chi connectivity index (χ2n) is 9.01. The van der Waals surface area contributed by atoms with Crippen molar-refractivity contribution in [3.63, 3.8) is 0 Å². The largest absolute Gasteiger partial charge is 0.351 e. The van der Waals surface area contributed by atoms with Crippen molar-refractivity contribution >= 4 is 28.7 Å². The molecule has 1 saturated heterocycles. The van der Waals surface area contributed by atoms with Crippen LogP contribution in [-0.2, 0) is 13.5 Å². The van der Waals surface area contributed by atoms with Gasteiger partial charge >= 0.3 is 0 Å². The number of nitrogens with zero attached hydrogens (tertiary/aromatic N) is 5. The fourth-order valence-corrected chi connectivity index (χ4v) is 5.40. The lowest BCUT2D eigenvalue weighted by Crippen LogP contribution is -2.52. The van der Waals surface area contributed by atoms with Gasteiger partial charge in [0, 0.05) is 55.9 Å². The van der Waals surface area contributed by atoms with E-state index in [-0.39, 0.29) is 5.82 Å². The summed E-state index contributed by atoms with van der Waals surface area (Å²) in [4.78, 5) is 7.29. The lowest BCUT2D eigenvalue weighted by molar-refractivity contribution is 0.358. The number of hydrogen-bond donors (Lipinski definition) is 0. The minimum Gasteiger partial charge on any atom is -0.351 e. The SMILES string of the molecule is CSN1CCN(c2cc3c(cn2)c(-c2ccc(C)c(C)c2F)nn3C)C(Cc2ccccc2)C1. The minimum absolute atomic E-state index is 0.208. The first-order chi connectivity index (χ1) is 16.5. The third-order valence-corrected chi connectivity index (χ3v) is 7.79. The molecule has 1 unspecified atom stereocenters. The number of hydrogen-bond acceptors (Lipinski definition) is 5. The normalized spacial score (nSPS) is 17.0. The summed E-state index contributed by atoms with van der Waals surface area (Å²) in [7, 11) is 1.92. The second kappa shape index (κ2) is 9.39. The van der Waals surface area contributed by atoms with Gasteiger partial charge in [-0.05, 0) is 49.3 Å². The third kappa shape index (κ3) is 4.18. The maximum atomic E-state index is 15.1. The number of aromatic nitrogens is 3. The molecule has 5 rings (SSSR count). The average Bonchev–Trinajstić information content (AvgIpc) is 3.18. The van der Waals surface area contributed by atoms with E-state index in [0.717, 1.165) is 48.3 Å². The zero-order valence-electron chi connectivity index (χ0n) is 20.1. The van der Waals surface area contributed by atoms with Crippen LogP contribution in [0.4, 0.5) is 10.2 Å². The molecule has 2 aromatic carbocycles. The van der Waals surface area contributed by atoms with Crippen LogP contribution in [0.2, 0.25) is 0 Å². The predicted molar refractivity (Wildman–Crippen MR) is 140 cm³/mol. The zero-order chi connectivity index (χ0) is 23.8. The van der Waals surface area contributed by atoms with E-state index >= 15 is 4.39 Å². The zero-order valence-corrected chi connectivity index (χ0v) is 20.9. The molecule has 1 aliphatic heterocycles. The monoisotopic (exact) mass is 475 g/mol. The molecule has 0 saturated carbocycles. The Morgan fingerprint density at radius 3 is 2.65 bits per heavy atom. The standard InChI is InChI=1S/C27H30FN5S/c1-18-10-11-22(26(28)19(18)2)27-23-16-29-25(15-24(23)31(3)30-27)33-13-12-32(34-4)17-21(33)14-20-8-6-5-7-9-20/h5-11,15-16,21H,12-14,17H2,1-4H3. The van der Waals surface area contributed by atoms with E-state index in [4.69, 9.17) is 10.1 Å². The Hall–Kier alpha value is -2.90. The van der Waals surface area contributed by atoms with Crippen LogP contribution in [0.3, 0.4) is 0 Å². The number of pyridine rings is 1. The van der Waals surface area contributed by atoms with Gasteiger partial charge in [0.05, 0.1) is 5.52 Å². The summed E-state index contributed by atoms with van der Waals surface area (Å²) in [6.45, 7) is 6.61. The molecule has 0 spiro atoms. The molecule has 1 atom stereocenters. The molecule has 0 amide bonds. The molecule has 3 heterocycles. The number of halogens is 1. The maximum Gasteiger partial charge on any atom is 0.135 e. The summed E-state index contributed by atoms with van der Waals surface area (Å²) in [5.41, 5.74) is 5.06. The van der Waals surface area contributed by atoms with Crippen molar-refractivity contribution in [2.45, 2.75) is 26.3 Å². The van der Waals surface area contributed by atoms with Crippen LogP contribution in [0.15, 0.2) is 54.7 Å². The number of anilines is 1. The highest BCUT2D eigenvalue weighted by Crippen LogP contribution is 2.33. The van der Waals surface area contributed by atoms with Crippen LogP contribution >= 0.6 is 11.9 Å². The van der Waals surface area contributed by atoms with Crippen LogP contribution in [-0.4, -0.2) is 51.0 Å². The number of benzene rings is 2. The van der Waals surface area contributed by atoms with Crippen molar-refractivity contribution < 1.29 is 4.39 Å². The summed E-state index contributed by atoms with van der Waals surface area (Å²) in [5, 5.41) is 5.57. The highest BCUT2D eigenvalue weighted by molar-refractivity contribution is 7.96. The average molecular weight is 476 g/mol. The molecular formula is C27H30FN5S.